The van der Waals surface area contributed by atoms with E-state index in [1.54, 1.807) is 11.8 Å². The molecule has 2 rings (SSSR count). The molecule has 1 aromatic heterocycles. The number of thioether (sulfide) groups is 1. The maximum Gasteiger partial charge on any atom is 0.417 e. The van der Waals surface area contributed by atoms with E-state index >= 15 is 0 Å². The highest BCUT2D eigenvalue weighted by molar-refractivity contribution is 7.99. The number of nitrogens with zero attached hydrogens (tertiary/aromatic N) is 2. The standard InChI is InChI=1S/C9H9F3N2S/c10-9(11,12)7-1-2-8(13-5-7)14-3-4-15-6-14/h1-2,5H,3-4,6H2. The first kappa shape index (κ1) is 10.6. The zero-order valence-electron chi connectivity index (χ0n) is 7.79. The summed E-state index contributed by atoms with van der Waals surface area (Å²) in [5.41, 5.74) is -0.696. The molecule has 1 aliphatic rings. The third-order valence-electron chi connectivity index (χ3n) is 2.15. The largest absolute Gasteiger partial charge is 0.417 e. The lowest BCUT2D eigenvalue weighted by atomic mass is 10.3. The van der Waals surface area contributed by atoms with Crippen molar-refractivity contribution in [3.63, 3.8) is 0 Å². The van der Waals surface area contributed by atoms with Crippen LogP contribution in [0.15, 0.2) is 18.3 Å². The molecular formula is C9H9F3N2S. The van der Waals surface area contributed by atoms with Crippen molar-refractivity contribution in [1.82, 2.24) is 4.98 Å². The van der Waals surface area contributed by atoms with Crippen molar-refractivity contribution in [2.24, 2.45) is 0 Å². The van der Waals surface area contributed by atoms with Crippen molar-refractivity contribution in [2.45, 2.75) is 6.18 Å². The Morgan fingerprint density at radius 3 is 2.60 bits per heavy atom. The second-order valence-corrected chi connectivity index (χ2v) is 4.28. The third kappa shape index (κ3) is 2.37. The van der Waals surface area contributed by atoms with Crippen LogP contribution < -0.4 is 4.90 Å². The number of alkyl halides is 3. The minimum atomic E-state index is -4.30. The Bertz CT molecular complexity index is 330. The molecule has 0 amide bonds. The van der Waals surface area contributed by atoms with Crippen molar-refractivity contribution < 1.29 is 13.2 Å². The van der Waals surface area contributed by atoms with Gasteiger partial charge in [0.05, 0.1) is 11.4 Å². The molecule has 0 aromatic carbocycles. The minimum absolute atomic E-state index is 0.619. The second kappa shape index (κ2) is 3.92. The lowest BCUT2D eigenvalue weighted by Crippen LogP contribution is -2.19. The van der Waals surface area contributed by atoms with Gasteiger partial charge in [0.15, 0.2) is 0 Å². The minimum Gasteiger partial charge on any atom is -0.347 e. The van der Waals surface area contributed by atoms with Gasteiger partial charge in [0.2, 0.25) is 0 Å². The molecule has 15 heavy (non-hydrogen) atoms. The molecule has 0 saturated carbocycles. The SMILES string of the molecule is FC(F)(F)c1ccc(N2CCSC2)nc1. The first-order chi connectivity index (χ1) is 7.07. The van der Waals surface area contributed by atoms with Crippen LogP contribution in [0.2, 0.25) is 0 Å². The maximum atomic E-state index is 12.2. The van der Waals surface area contributed by atoms with E-state index in [9.17, 15) is 13.2 Å². The molecule has 0 radical (unpaired) electrons. The average molecular weight is 234 g/mol. The molecule has 0 aliphatic carbocycles. The van der Waals surface area contributed by atoms with E-state index in [2.05, 4.69) is 4.98 Å². The van der Waals surface area contributed by atoms with E-state index in [1.807, 2.05) is 4.90 Å². The van der Waals surface area contributed by atoms with Gasteiger partial charge in [0.1, 0.15) is 5.82 Å². The zero-order valence-corrected chi connectivity index (χ0v) is 8.61. The van der Waals surface area contributed by atoms with Gasteiger partial charge in [0, 0.05) is 18.5 Å². The van der Waals surface area contributed by atoms with Crippen molar-refractivity contribution in [1.29, 1.82) is 0 Å². The van der Waals surface area contributed by atoms with Gasteiger partial charge >= 0.3 is 6.18 Å². The van der Waals surface area contributed by atoms with Crippen LogP contribution in [-0.4, -0.2) is 23.2 Å². The van der Waals surface area contributed by atoms with Crippen molar-refractivity contribution in [3.8, 4) is 0 Å². The van der Waals surface area contributed by atoms with Gasteiger partial charge in [-0.1, -0.05) is 0 Å². The van der Waals surface area contributed by atoms with Crippen LogP contribution in [0.1, 0.15) is 5.56 Å². The number of anilines is 1. The highest BCUT2D eigenvalue weighted by Gasteiger charge is 2.30. The van der Waals surface area contributed by atoms with E-state index in [1.165, 1.54) is 6.07 Å². The van der Waals surface area contributed by atoms with E-state index in [4.69, 9.17) is 0 Å². The molecular weight excluding hydrogens is 225 g/mol. The van der Waals surface area contributed by atoms with Gasteiger partial charge < -0.3 is 4.90 Å². The topological polar surface area (TPSA) is 16.1 Å². The predicted molar refractivity (Wildman–Crippen MR) is 53.9 cm³/mol. The Kier molecular flexibility index (Phi) is 2.77. The van der Waals surface area contributed by atoms with Gasteiger partial charge in [0.25, 0.3) is 0 Å². The third-order valence-corrected chi connectivity index (χ3v) is 3.12. The molecule has 1 aromatic rings. The highest BCUT2D eigenvalue weighted by Crippen LogP contribution is 2.30. The molecule has 0 bridgehead atoms. The molecule has 6 heteroatoms. The summed E-state index contributed by atoms with van der Waals surface area (Å²) in [5.74, 6) is 2.43. The van der Waals surface area contributed by atoms with Gasteiger partial charge in [-0.05, 0) is 12.1 Å². The Labute approximate surface area is 89.5 Å². The molecule has 0 spiro atoms. The molecule has 1 fully saturated rings. The number of hydrogen-bond donors (Lipinski definition) is 0. The smallest absolute Gasteiger partial charge is 0.347 e. The summed E-state index contributed by atoms with van der Waals surface area (Å²) in [6, 6.07) is 2.50. The highest BCUT2D eigenvalue weighted by atomic mass is 32.2. The lowest BCUT2D eigenvalue weighted by molar-refractivity contribution is -0.137. The first-order valence-corrected chi connectivity index (χ1v) is 5.59. The van der Waals surface area contributed by atoms with E-state index < -0.39 is 11.7 Å². The van der Waals surface area contributed by atoms with Crippen LogP contribution in [0.25, 0.3) is 0 Å². The van der Waals surface area contributed by atoms with Crippen LogP contribution in [0, 0.1) is 0 Å². The Morgan fingerprint density at radius 2 is 2.13 bits per heavy atom. The van der Waals surface area contributed by atoms with Crippen LogP contribution in [0.5, 0.6) is 0 Å². The van der Waals surface area contributed by atoms with Crippen LogP contribution in [0.4, 0.5) is 19.0 Å². The maximum absolute atomic E-state index is 12.2. The fraction of sp³-hybridized carbons (Fsp3) is 0.444. The molecule has 0 N–H and O–H groups in total. The first-order valence-electron chi connectivity index (χ1n) is 4.43. The number of hydrogen-bond acceptors (Lipinski definition) is 3. The van der Waals surface area contributed by atoms with Crippen molar-refractivity contribution in [3.05, 3.63) is 23.9 Å². The van der Waals surface area contributed by atoms with E-state index in [0.717, 1.165) is 30.4 Å². The molecule has 0 unspecified atom stereocenters. The average Bonchev–Trinajstić information content (AvgIpc) is 2.69. The Morgan fingerprint density at radius 1 is 1.33 bits per heavy atom. The van der Waals surface area contributed by atoms with Crippen molar-refractivity contribution in [2.75, 3.05) is 23.1 Å². The Balaban J connectivity index is 2.16. The molecule has 82 valence electrons. The molecule has 2 nitrogen and oxygen atoms in total. The molecule has 1 aliphatic heterocycles. The predicted octanol–water partition coefficient (Wildman–Crippen LogP) is 2.61. The van der Waals surface area contributed by atoms with Crippen LogP contribution in [0.3, 0.4) is 0 Å². The van der Waals surface area contributed by atoms with Gasteiger partial charge in [-0.15, -0.1) is 11.8 Å². The normalized spacial score (nSPS) is 17.1. The van der Waals surface area contributed by atoms with E-state index in [-0.39, 0.29) is 0 Å². The quantitative estimate of drug-likeness (QED) is 0.743. The van der Waals surface area contributed by atoms with Crippen molar-refractivity contribution >= 4 is 17.6 Å². The van der Waals surface area contributed by atoms with Gasteiger partial charge in [-0.2, -0.15) is 13.2 Å². The summed E-state index contributed by atoms with van der Waals surface area (Å²) in [6.45, 7) is 0.850. The van der Waals surface area contributed by atoms with Crippen LogP contribution >= 0.6 is 11.8 Å². The second-order valence-electron chi connectivity index (χ2n) is 3.20. The monoisotopic (exact) mass is 234 g/mol. The fourth-order valence-electron chi connectivity index (χ4n) is 1.34. The number of aromatic nitrogens is 1. The van der Waals surface area contributed by atoms with E-state index in [0.29, 0.717) is 5.82 Å². The molecule has 2 heterocycles. The summed E-state index contributed by atoms with van der Waals surface area (Å²) < 4.78 is 36.7. The Hall–Kier alpha value is -0.910. The fourth-order valence-corrected chi connectivity index (χ4v) is 2.30. The summed E-state index contributed by atoms with van der Waals surface area (Å²) in [7, 11) is 0. The summed E-state index contributed by atoms with van der Waals surface area (Å²) >= 11 is 1.75. The molecule has 0 atom stereocenters. The number of halogens is 3. The number of pyridine rings is 1. The summed E-state index contributed by atoms with van der Waals surface area (Å²) in [5, 5.41) is 0. The zero-order chi connectivity index (χ0) is 10.9. The summed E-state index contributed by atoms with van der Waals surface area (Å²) in [6.07, 6.45) is -3.41. The number of rotatable bonds is 1. The van der Waals surface area contributed by atoms with Crippen LogP contribution in [-0.2, 0) is 6.18 Å². The van der Waals surface area contributed by atoms with Gasteiger partial charge in [-0.3, -0.25) is 0 Å². The lowest BCUT2D eigenvalue weighted by Gasteiger charge is -2.15. The van der Waals surface area contributed by atoms with Gasteiger partial charge in [-0.25, -0.2) is 4.98 Å². The molecule has 1 saturated heterocycles. The summed E-state index contributed by atoms with van der Waals surface area (Å²) in [4.78, 5) is 5.78.